The van der Waals surface area contributed by atoms with E-state index in [0.29, 0.717) is 31.2 Å². The highest BCUT2D eigenvalue weighted by Gasteiger charge is 2.61. The number of nitrogens with zero attached hydrogens (tertiary/aromatic N) is 2. The number of nitrogens with one attached hydrogen (secondary N) is 3. The number of carbonyl (C=O) groups excluding carboxylic acids is 4. The van der Waals surface area contributed by atoms with Crippen LogP contribution in [0.25, 0.3) is 0 Å². The zero-order valence-electron chi connectivity index (χ0n) is 33.5. The van der Waals surface area contributed by atoms with Crippen molar-refractivity contribution in [2.24, 2.45) is 5.92 Å². The molecule has 2 unspecified atom stereocenters. The molecule has 7 atom stereocenters. The molecular weight excluding hydrogens is 820 g/mol. The second-order valence-electron chi connectivity index (χ2n) is 16.6. The maximum absolute atomic E-state index is 14.7. The van der Waals surface area contributed by atoms with E-state index in [1.807, 2.05) is 6.08 Å². The van der Waals surface area contributed by atoms with Crippen LogP contribution in [0, 0.1) is 5.92 Å². The Morgan fingerprint density at radius 2 is 1.46 bits per heavy atom. The van der Waals surface area contributed by atoms with Crippen molar-refractivity contribution < 1.29 is 69.6 Å². The number of rotatable bonds is 7. The minimum Gasteiger partial charge on any atom is -0.479 e. The Kier molecular flexibility index (Phi) is 12.9. The van der Waals surface area contributed by atoms with Gasteiger partial charge >= 0.3 is 24.8 Å². The largest absolute Gasteiger partial charge is 0.573 e. The van der Waals surface area contributed by atoms with E-state index in [0.717, 1.165) is 24.3 Å². The second kappa shape index (κ2) is 17.4. The fourth-order valence-electron chi connectivity index (χ4n) is 8.22. The number of ether oxygens (including phenoxy) is 3. The molecule has 2 aromatic carbocycles. The number of alkyl carbamates (subject to hydrolysis) is 1. The molecule has 1 saturated carbocycles. The number of carboxylic acid groups (broad SMARTS) is 1. The summed E-state index contributed by atoms with van der Waals surface area (Å²) in [4.78, 5) is 70.3. The van der Waals surface area contributed by atoms with Crippen molar-refractivity contribution in [3.8, 4) is 11.5 Å². The number of fused-ring (bicyclic) bond motifs is 2. The van der Waals surface area contributed by atoms with Gasteiger partial charge in [-0.25, -0.2) is 15.0 Å². The molecule has 0 radical (unpaired) electrons. The van der Waals surface area contributed by atoms with Gasteiger partial charge in [0.25, 0.3) is 0 Å². The van der Waals surface area contributed by atoms with Crippen LogP contribution in [0.15, 0.2) is 60.7 Å². The number of carboxylic acids is 1. The number of halogens is 6. The molecule has 3 aliphatic heterocycles. The van der Waals surface area contributed by atoms with Crippen molar-refractivity contribution >= 4 is 29.8 Å². The number of carbonyl (C=O) groups is 5. The fraction of sp³-hybridized carbons (Fsp3) is 0.537. The predicted octanol–water partition coefficient (Wildman–Crippen LogP) is 6.04. The van der Waals surface area contributed by atoms with Crippen molar-refractivity contribution in [2.45, 2.75) is 120 Å². The summed E-state index contributed by atoms with van der Waals surface area (Å²) < 4.78 is 91.3. The van der Waals surface area contributed by atoms with Crippen molar-refractivity contribution in [1.82, 2.24) is 26.0 Å². The van der Waals surface area contributed by atoms with Gasteiger partial charge in [0.2, 0.25) is 17.7 Å². The highest BCUT2D eigenvalue weighted by Crippen LogP contribution is 2.46. The first-order valence-electron chi connectivity index (χ1n) is 19.8. The lowest BCUT2D eigenvalue weighted by molar-refractivity contribution is -0.275. The molecule has 4 amide bonds. The van der Waals surface area contributed by atoms with Gasteiger partial charge in [0.15, 0.2) is 0 Å². The summed E-state index contributed by atoms with van der Waals surface area (Å²) >= 11 is 0. The van der Waals surface area contributed by atoms with Gasteiger partial charge in [-0.05, 0) is 81.8 Å². The molecule has 61 heavy (non-hydrogen) atoms. The summed E-state index contributed by atoms with van der Waals surface area (Å²) in [6, 6.07) is 5.91. The monoisotopic (exact) mass is 867 g/mol. The number of benzene rings is 2. The van der Waals surface area contributed by atoms with Gasteiger partial charge in [-0.1, -0.05) is 49.3 Å². The van der Waals surface area contributed by atoms with E-state index in [9.17, 15) is 55.4 Å². The van der Waals surface area contributed by atoms with Crippen LogP contribution < -0.4 is 25.5 Å². The zero-order chi connectivity index (χ0) is 44.5. The smallest absolute Gasteiger partial charge is 0.479 e. The highest BCUT2D eigenvalue weighted by atomic mass is 19.4. The topological polar surface area (TPSA) is 176 Å². The third-order valence-corrected chi connectivity index (χ3v) is 11.1. The Labute approximate surface area is 346 Å². The molecule has 4 N–H and O–H groups in total. The molecule has 0 bridgehead atoms. The Bertz CT molecular complexity index is 1990. The molecule has 3 fully saturated rings. The number of hydrogen-bond acceptors (Lipinski definition) is 9. The van der Waals surface area contributed by atoms with E-state index in [4.69, 9.17) is 4.74 Å². The van der Waals surface area contributed by atoms with Gasteiger partial charge in [-0.2, -0.15) is 0 Å². The number of aliphatic carboxylic acids is 1. The Morgan fingerprint density at radius 1 is 0.852 bits per heavy atom. The van der Waals surface area contributed by atoms with Gasteiger partial charge in [0.1, 0.15) is 34.7 Å². The molecule has 0 aromatic heterocycles. The van der Waals surface area contributed by atoms with Crippen LogP contribution in [0.4, 0.5) is 31.1 Å². The maximum Gasteiger partial charge on any atom is 0.573 e. The third-order valence-electron chi connectivity index (χ3n) is 11.1. The van der Waals surface area contributed by atoms with Crippen LogP contribution in [-0.2, 0) is 23.9 Å². The van der Waals surface area contributed by atoms with Gasteiger partial charge in [0.05, 0.1) is 12.0 Å². The number of hydrazine groups is 1. The van der Waals surface area contributed by atoms with Crippen LogP contribution in [0.5, 0.6) is 11.5 Å². The number of alkyl halides is 6. The third kappa shape index (κ3) is 11.1. The molecule has 6 rings (SSSR count). The van der Waals surface area contributed by atoms with Crippen molar-refractivity contribution in [3.63, 3.8) is 0 Å². The molecule has 0 spiro atoms. The minimum absolute atomic E-state index is 0.0447. The van der Waals surface area contributed by atoms with Crippen LogP contribution in [0.3, 0.4) is 0 Å². The van der Waals surface area contributed by atoms with Crippen LogP contribution >= 0.6 is 0 Å². The molecule has 2 saturated heterocycles. The molecule has 2 aromatic rings. The Morgan fingerprint density at radius 3 is 2.03 bits per heavy atom. The lowest BCUT2D eigenvalue weighted by Gasteiger charge is -2.41. The summed E-state index contributed by atoms with van der Waals surface area (Å²) in [7, 11) is 0. The first-order valence-corrected chi connectivity index (χ1v) is 19.8. The van der Waals surface area contributed by atoms with E-state index in [1.54, 1.807) is 26.8 Å². The molecule has 1 aliphatic carbocycles. The van der Waals surface area contributed by atoms with Crippen molar-refractivity contribution in [2.75, 3.05) is 13.1 Å². The average molecular weight is 868 g/mol. The fourth-order valence-corrected chi connectivity index (χ4v) is 8.22. The summed E-state index contributed by atoms with van der Waals surface area (Å²) in [6.45, 7) is 4.64. The molecular formula is C41H47F6N5O9. The van der Waals surface area contributed by atoms with E-state index in [1.165, 1.54) is 34.2 Å². The minimum atomic E-state index is -5.00. The standard InChI is InChI=1S/C41H47F6N5O9/c1-38(2,3)61-37(58)49-30-10-8-6-4-5-7-9-25-20-39(25,36(56)57)50-33(53)31-19-26(22-51(31)34(30)54)52-35(55)32(24-13-17-28(18-14-24)60-41(45,46)47)29(21-48-52)23-11-15-27(16-12-23)59-40(42,43)44/h7,9,11-18,25-26,29-32,48H,4-6,8,10,19-22H2,1-3H3,(H,49,58)(H,50,53)(H,56,57)/b9-7-/t25-,26-,29-,30-,31?,32?,39+/m1/s1. The quantitative estimate of drug-likeness (QED) is 0.190. The lowest BCUT2D eigenvalue weighted by Crippen LogP contribution is -2.59. The summed E-state index contributed by atoms with van der Waals surface area (Å²) in [5, 5.41) is 16.8. The Hall–Kier alpha value is -5.53. The van der Waals surface area contributed by atoms with E-state index >= 15 is 0 Å². The SMILES string of the molecule is CC(C)(C)OC(=O)N[C@@H]1CCCCC/C=C\[C@@H]2C[C@]2(C(=O)O)NC(=O)C2C[C@@H](N3NC[C@H](c4ccc(OC(F)(F)F)cc4)C(c4ccc(OC(F)(F)F)cc4)C3=O)CN2C1=O. The molecule has 332 valence electrons. The van der Waals surface area contributed by atoms with Crippen molar-refractivity contribution in [1.29, 1.82) is 0 Å². The Balaban J connectivity index is 1.33. The number of allylic oxidation sites excluding steroid dienone is 1. The maximum atomic E-state index is 14.7. The first-order chi connectivity index (χ1) is 28.5. The van der Waals surface area contributed by atoms with Crippen LogP contribution in [0.2, 0.25) is 0 Å². The molecule has 20 heteroatoms. The summed E-state index contributed by atoms with van der Waals surface area (Å²) in [6.07, 6.45) is -4.61. The van der Waals surface area contributed by atoms with E-state index in [2.05, 4.69) is 25.5 Å². The average Bonchev–Trinajstić information content (AvgIpc) is 3.67. The number of hydrogen-bond donors (Lipinski definition) is 4. The van der Waals surface area contributed by atoms with E-state index in [-0.39, 0.29) is 37.9 Å². The molecule has 14 nitrogen and oxygen atoms in total. The molecule has 3 heterocycles. The molecule has 4 aliphatic rings. The lowest BCUT2D eigenvalue weighted by atomic mass is 9.79. The second-order valence-corrected chi connectivity index (χ2v) is 16.6. The van der Waals surface area contributed by atoms with Gasteiger partial charge in [-0.3, -0.25) is 19.4 Å². The number of amides is 4. The van der Waals surface area contributed by atoms with Crippen LogP contribution in [0.1, 0.15) is 88.7 Å². The van der Waals surface area contributed by atoms with Crippen LogP contribution in [-0.4, -0.2) is 99.9 Å². The predicted molar refractivity (Wildman–Crippen MR) is 202 cm³/mol. The van der Waals surface area contributed by atoms with Gasteiger partial charge < -0.3 is 34.9 Å². The van der Waals surface area contributed by atoms with E-state index < -0.39 is 101 Å². The normalized spacial score (nSPS) is 28.3. The first kappa shape index (κ1) is 45.0. The summed E-state index contributed by atoms with van der Waals surface area (Å²) in [5.41, 5.74) is 1.11. The summed E-state index contributed by atoms with van der Waals surface area (Å²) in [5.74, 6) is -6.91. The van der Waals surface area contributed by atoms with Crippen molar-refractivity contribution in [3.05, 3.63) is 71.8 Å². The zero-order valence-corrected chi connectivity index (χ0v) is 33.5. The van der Waals surface area contributed by atoms with Gasteiger partial charge in [-0.15, -0.1) is 26.3 Å². The highest BCUT2D eigenvalue weighted by molar-refractivity contribution is 5.96. The van der Waals surface area contributed by atoms with Gasteiger partial charge in [0, 0.05) is 31.3 Å².